The third-order valence-corrected chi connectivity index (χ3v) is 3.99. The molecule has 4 N–H and O–H groups in total. The van der Waals surface area contributed by atoms with Crippen molar-refractivity contribution in [3.63, 3.8) is 0 Å². The minimum absolute atomic E-state index is 0.275. The molecule has 0 aliphatic rings. The molecule has 0 aliphatic carbocycles. The van der Waals surface area contributed by atoms with Gasteiger partial charge in [-0.1, -0.05) is 29.8 Å². The van der Waals surface area contributed by atoms with Crippen LogP contribution in [-0.2, 0) is 0 Å². The summed E-state index contributed by atoms with van der Waals surface area (Å²) in [5, 5.41) is 12.0. The van der Waals surface area contributed by atoms with E-state index in [0.29, 0.717) is 10.6 Å². The summed E-state index contributed by atoms with van der Waals surface area (Å²) in [6.45, 7) is 0. The number of halogens is 1. The maximum atomic E-state index is 12.2. The summed E-state index contributed by atoms with van der Waals surface area (Å²) in [4.78, 5) is 42.6. The van der Waals surface area contributed by atoms with E-state index >= 15 is 0 Å². The van der Waals surface area contributed by atoms with Crippen LogP contribution in [0.3, 0.4) is 0 Å². The van der Waals surface area contributed by atoms with E-state index in [1.807, 2.05) is 0 Å². The van der Waals surface area contributed by atoms with Gasteiger partial charge in [-0.15, -0.1) is 0 Å². The van der Waals surface area contributed by atoms with Crippen LogP contribution in [0, 0.1) is 10.1 Å². The number of carbonyl (C=O) groups is 2. The maximum absolute atomic E-state index is 12.2. The van der Waals surface area contributed by atoms with Gasteiger partial charge in [0, 0.05) is 16.1 Å². The molecule has 2 amide bonds. The van der Waals surface area contributed by atoms with Gasteiger partial charge in [0.2, 0.25) is 11.6 Å². The monoisotopic (exact) mass is 427 g/mol. The fraction of sp³-hybridized carbons (Fsp3) is 0. The number of nitro groups is 1. The van der Waals surface area contributed by atoms with Gasteiger partial charge in [-0.05, 0) is 36.4 Å². The molecule has 152 valence electrons. The number of rotatable bonds is 7. The fourth-order valence-electron chi connectivity index (χ4n) is 2.30. The van der Waals surface area contributed by atoms with E-state index in [2.05, 4.69) is 31.7 Å². The van der Waals surface area contributed by atoms with Gasteiger partial charge in [0.25, 0.3) is 11.8 Å². The van der Waals surface area contributed by atoms with Crippen LogP contribution >= 0.6 is 11.6 Å². The molecule has 0 fully saturated rings. The highest BCUT2D eigenvalue weighted by Gasteiger charge is 2.24. The van der Waals surface area contributed by atoms with Crippen molar-refractivity contribution in [1.82, 2.24) is 20.8 Å². The number of benzene rings is 2. The first kappa shape index (κ1) is 20.5. The number of hydrogen-bond donors (Lipinski definition) is 4. The van der Waals surface area contributed by atoms with E-state index < -0.39 is 22.4 Å². The summed E-state index contributed by atoms with van der Waals surface area (Å²) in [7, 11) is 0. The average Bonchev–Trinajstić information content (AvgIpc) is 2.76. The second-order valence-corrected chi connectivity index (χ2v) is 6.14. The lowest BCUT2D eigenvalue weighted by atomic mass is 10.2. The Morgan fingerprint density at radius 2 is 1.33 bits per heavy atom. The molecule has 0 unspecified atom stereocenters. The summed E-state index contributed by atoms with van der Waals surface area (Å²) < 4.78 is 0. The van der Waals surface area contributed by atoms with Crippen LogP contribution < -0.4 is 21.7 Å². The molecule has 11 nitrogen and oxygen atoms in total. The number of hydrogen-bond acceptors (Lipinski definition) is 8. The second kappa shape index (κ2) is 9.30. The molecule has 30 heavy (non-hydrogen) atoms. The molecular weight excluding hydrogens is 414 g/mol. The minimum atomic E-state index is -0.756. The van der Waals surface area contributed by atoms with Gasteiger partial charge in [0.05, 0.1) is 4.92 Å². The SMILES string of the molecule is O=C(NNc1ncnc(NNC(=O)c2ccc(Cl)cc2)c1[N+](=O)[O-])c1ccccc1. The Morgan fingerprint density at radius 1 is 0.833 bits per heavy atom. The highest BCUT2D eigenvalue weighted by molar-refractivity contribution is 6.30. The molecule has 0 spiro atoms. The van der Waals surface area contributed by atoms with Crippen LogP contribution in [0.15, 0.2) is 60.9 Å². The van der Waals surface area contributed by atoms with Crippen molar-refractivity contribution in [2.45, 2.75) is 0 Å². The Bertz CT molecular complexity index is 1080. The Hall–Kier alpha value is -4.25. The summed E-state index contributed by atoms with van der Waals surface area (Å²) in [6, 6.07) is 14.3. The molecule has 1 aromatic heterocycles. The van der Waals surface area contributed by atoms with Crippen molar-refractivity contribution in [3.05, 3.63) is 87.2 Å². The van der Waals surface area contributed by atoms with Gasteiger partial charge in [-0.2, -0.15) is 0 Å². The molecule has 0 radical (unpaired) electrons. The molecule has 3 aromatic rings. The van der Waals surface area contributed by atoms with Crippen LogP contribution in [0.25, 0.3) is 0 Å². The maximum Gasteiger partial charge on any atom is 0.356 e. The lowest BCUT2D eigenvalue weighted by Gasteiger charge is -2.11. The largest absolute Gasteiger partial charge is 0.356 e. The zero-order chi connectivity index (χ0) is 21.5. The number of amides is 2. The van der Waals surface area contributed by atoms with Crippen molar-refractivity contribution in [3.8, 4) is 0 Å². The van der Waals surface area contributed by atoms with Crippen LogP contribution in [0.5, 0.6) is 0 Å². The van der Waals surface area contributed by atoms with Crippen molar-refractivity contribution >= 4 is 40.7 Å². The van der Waals surface area contributed by atoms with Crippen LogP contribution in [0.4, 0.5) is 17.3 Å². The van der Waals surface area contributed by atoms with Gasteiger partial charge in [-0.25, -0.2) is 9.97 Å². The summed E-state index contributed by atoms with van der Waals surface area (Å²) in [5.74, 6) is -1.64. The smallest absolute Gasteiger partial charge is 0.276 e. The Labute approximate surface area is 174 Å². The molecule has 12 heteroatoms. The van der Waals surface area contributed by atoms with Crippen LogP contribution in [0.2, 0.25) is 5.02 Å². The number of anilines is 2. The third kappa shape index (κ3) is 4.97. The summed E-state index contributed by atoms with van der Waals surface area (Å²) in [5.41, 5.74) is 9.45. The van der Waals surface area contributed by atoms with Gasteiger partial charge in [-0.3, -0.25) is 41.4 Å². The van der Waals surface area contributed by atoms with Crippen molar-refractivity contribution in [1.29, 1.82) is 0 Å². The molecule has 0 aliphatic heterocycles. The standard InChI is InChI=1S/C18H14ClN7O4/c19-13-8-6-12(7-9-13)18(28)25-23-16-14(26(29)30)15(20-10-21-16)22-24-17(27)11-4-2-1-3-5-11/h1-10H,(H,24,27)(H,25,28)(H2,20,21,22,23). The topological polar surface area (TPSA) is 151 Å². The molecule has 1 heterocycles. The lowest BCUT2D eigenvalue weighted by Crippen LogP contribution is -2.32. The highest BCUT2D eigenvalue weighted by atomic mass is 35.5. The molecule has 0 atom stereocenters. The highest BCUT2D eigenvalue weighted by Crippen LogP contribution is 2.27. The van der Waals surface area contributed by atoms with Crippen molar-refractivity contribution < 1.29 is 14.5 Å². The predicted molar refractivity (Wildman–Crippen MR) is 109 cm³/mol. The zero-order valence-electron chi connectivity index (χ0n) is 15.1. The van der Waals surface area contributed by atoms with Crippen molar-refractivity contribution in [2.24, 2.45) is 0 Å². The fourth-order valence-corrected chi connectivity index (χ4v) is 2.43. The van der Waals surface area contributed by atoms with Gasteiger partial charge >= 0.3 is 5.69 Å². The molecule has 0 bridgehead atoms. The van der Waals surface area contributed by atoms with Gasteiger partial charge in [0.15, 0.2) is 0 Å². The number of aromatic nitrogens is 2. The van der Waals surface area contributed by atoms with E-state index in [9.17, 15) is 19.7 Å². The zero-order valence-corrected chi connectivity index (χ0v) is 15.9. The second-order valence-electron chi connectivity index (χ2n) is 5.71. The van der Waals surface area contributed by atoms with Gasteiger partial charge in [0.1, 0.15) is 6.33 Å². The third-order valence-electron chi connectivity index (χ3n) is 3.74. The Balaban J connectivity index is 1.72. The lowest BCUT2D eigenvalue weighted by molar-refractivity contribution is -0.383. The Morgan fingerprint density at radius 3 is 1.83 bits per heavy atom. The first-order chi connectivity index (χ1) is 14.5. The van der Waals surface area contributed by atoms with Crippen LogP contribution in [0.1, 0.15) is 20.7 Å². The van der Waals surface area contributed by atoms with E-state index in [1.165, 1.54) is 24.3 Å². The van der Waals surface area contributed by atoms with E-state index in [0.717, 1.165) is 6.33 Å². The Kier molecular flexibility index (Phi) is 6.35. The first-order valence-corrected chi connectivity index (χ1v) is 8.76. The quantitative estimate of drug-likeness (QED) is 0.331. The number of hydrazine groups is 2. The van der Waals surface area contributed by atoms with E-state index in [-0.39, 0.29) is 17.2 Å². The van der Waals surface area contributed by atoms with Gasteiger partial charge < -0.3 is 0 Å². The number of nitrogens with zero attached hydrogens (tertiary/aromatic N) is 3. The number of carbonyl (C=O) groups excluding carboxylic acids is 2. The summed E-state index contributed by atoms with van der Waals surface area (Å²) >= 11 is 5.78. The molecule has 0 saturated carbocycles. The van der Waals surface area contributed by atoms with Crippen molar-refractivity contribution in [2.75, 3.05) is 10.9 Å². The predicted octanol–water partition coefficient (Wildman–Crippen LogP) is 2.55. The normalized spacial score (nSPS) is 10.0. The minimum Gasteiger partial charge on any atom is -0.276 e. The average molecular weight is 428 g/mol. The molecule has 0 saturated heterocycles. The first-order valence-electron chi connectivity index (χ1n) is 8.38. The molecule has 2 aromatic carbocycles. The van der Waals surface area contributed by atoms with Crippen LogP contribution in [-0.4, -0.2) is 26.7 Å². The summed E-state index contributed by atoms with van der Waals surface area (Å²) in [6.07, 6.45) is 1.03. The molecular formula is C18H14ClN7O4. The van der Waals surface area contributed by atoms with E-state index in [4.69, 9.17) is 11.6 Å². The molecule has 3 rings (SSSR count). The number of nitrogens with one attached hydrogen (secondary N) is 4. The van der Waals surface area contributed by atoms with E-state index in [1.54, 1.807) is 30.3 Å².